The SMILES string of the molecule is CC(C)CCCOCCCCC(C)(NC(C)C)C(=O)O. The van der Waals surface area contributed by atoms with Gasteiger partial charge < -0.3 is 9.84 Å². The molecule has 0 aliphatic carbocycles. The molecule has 0 radical (unpaired) electrons. The predicted molar refractivity (Wildman–Crippen MR) is 83.1 cm³/mol. The lowest BCUT2D eigenvalue weighted by Gasteiger charge is -2.28. The topological polar surface area (TPSA) is 58.6 Å². The van der Waals surface area contributed by atoms with Crippen molar-refractivity contribution in [1.82, 2.24) is 5.32 Å². The Morgan fingerprint density at radius 3 is 2.25 bits per heavy atom. The Labute approximate surface area is 124 Å². The van der Waals surface area contributed by atoms with Gasteiger partial charge in [0.05, 0.1) is 0 Å². The summed E-state index contributed by atoms with van der Waals surface area (Å²) in [5, 5.41) is 12.5. The highest BCUT2D eigenvalue weighted by Gasteiger charge is 2.32. The second-order valence-corrected chi connectivity index (χ2v) is 6.54. The molecule has 0 heterocycles. The van der Waals surface area contributed by atoms with Crippen molar-refractivity contribution in [2.45, 2.75) is 78.3 Å². The van der Waals surface area contributed by atoms with Crippen molar-refractivity contribution in [1.29, 1.82) is 0 Å². The third-order valence-electron chi connectivity index (χ3n) is 3.36. The largest absolute Gasteiger partial charge is 0.480 e. The van der Waals surface area contributed by atoms with E-state index in [4.69, 9.17) is 4.74 Å². The number of ether oxygens (including phenoxy) is 1. The van der Waals surface area contributed by atoms with Gasteiger partial charge in [-0.2, -0.15) is 0 Å². The maximum Gasteiger partial charge on any atom is 0.323 e. The van der Waals surface area contributed by atoms with Crippen LogP contribution in [0.1, 0.15) is 66.7 Å². The van der Waals surface area contributed by atoms with Crippen LogP contribution in [0.5, 0.6) is 0 Å². The summed E-state index contributed by atoms with van der Waals surface area (Å²) in [5.41, 5.74) is -0.828. The number of carboxylic acid groups (broad SMARTS) is 1. The van der Waals surface area contributed by atoms with Crippen molar-refractivity contribution in [2.75, 3.05) is 13.2 Å². The molecule has 2 N–H and O–H groups in total. The lowest BCUT2D eigenvalue weighted by molar-refractivity contribution is -0.144. The summed E-state index contributed by atoms with van der Waals surface area (Å²) >= 11 is 0. The number of carbonyl (C=O) groups is 1. The van der Waals surface area contributed by atoms with Crippen LogP contribution >= 0.6 is 0 Å². The van der Waals surface area contributed by atoms with Crippen LogP contribution in [-0.4, -0.2) is 35.9 Å². The maximum absolute atomic E-state index is 11.3. The first-order valence-corrected chi connectivity index (χ1v) is 7.86. The molecule has 0 fully saturated rings. The third-order valence-corrected chi connectivity index (χ3v) is 3.36. The summed E-state index contributed by atoms with van der Waals surface area (Å²) in [6.45, 7) is 11.7. The van der Waals surface area contributed by atoms with Gasteiger partial charge in [-0.3, -0.25) is 10.1 Å². The van der Waals surface area contributed by atoms with Crippen LogP contribution in [0.2, 0.25) is 0 Å². The number of hydrogen-bond acceptors (Lipinski definition) is 3. The van der Waals surface area contributed by atoms with E-state index in [2.05, 4.69) is 19.2 Å². The fraction of sp³-hybridized carbons (Fsp3) is 0.938. The van der Waals surface area contributed by atoms with E-state index in [1.807, 2.05) is 13.8 Å². The van der Waals surface area contributed by atoms with Crippen LogP contribution in [0.15, 0.2) is 0 Å². The first-order valence-electron chi connectivity index (χ1n) is 7.86. The molecule has 0 saturated carbocycles. The lowest BCUT2D eigenvalue weighted by atomic mass is 9.94. The predicted octanol–water partition coefficient (Wildman–Crippen LogP) is 3.45. The van der Waals surface area contributed by atoms with E-state index in [-0.39, 0.29) is 6.04 Å². The maximum atomic E-state index is 11.3. The van der Waals surface area contributed by atoms with Crippen LogP contribution in [0.4, 0.5) is 0 Å². The molecule has 0 amide bonds. The van der Waals surface area contributed by atoms with Crippen LogP contribution < -0.4 is 5.32 Å². The van der Waals surface area contributed by atoms with Crippen molar-refractivity contribution >= 4 is 5.97 Å². The molecule has 4 heteroatoms. The van der Waals surface area contributed by atoms with Gasteiger partial charge in [0.1, 0.15) is 5.54 Å². The molecule has 0 bridgehead atoms. The second-order valence-electron chi connectivity index (χ2n) is 6.54. The van der Waals surface area contributed by atoms with Gasteiger partial charge in [-0.1, -0.05) is 13.8 Å². The van der Waals surface area contributed by atoms with E-state index in [1.165, 1.54) is 6.42 Å². The van der Waals surface area contributed by atoms with Gasteiger partial charge in [-0.25, -0.2) is 0 Å². The smallest absolute Gasteiger partial charge is 0.323 e. The number of carboxylic acids is 1. The minimum absolute atomic E-state index is 0.170. The summed E-state index contributed by atoms with van der Waals surface area (Å²) in [5.74, 6) is -0.0407. The number of hydrogen-bond donors (Lipinski definition) is 2. The molecule has 0 aromatic carbocycles. The van der Waals surface area contributed by atoms with E-state index in [0.717, 1.165) is 38.4 Å². The zero-order chi connectivity index (χ0) is 15.6. The Balaban J connectivity index is 3.72. The zero-order valence-electron chi connectivity index (χ0n) is 13.9. The quantitative estimate of drug-likeness (QED) is 0.540. The van der Waals surface area contributed by atoms with Crippen LogP contribution in [-0.2, 0) is 9.53 Å². The highest BCUT2D eigenvalue weighted by Crippen LogP contribution is 2.15. The van der Waals surface area contributed by atoms with Gasteiger partial charge in [-0.15, -0.1) is 0 Å². The Kier molecular flexibility index (Phi) is 9.86. The van der Waals surface area contributed by atoms with E-state index < -0.39 is 11.5 Å². The standard InChI is InChI=1S/C16H33NO3/c1-13(2)9-8-12-20-11-7-6-10-16(5,15(18)19)17-14(3)4/h13-14,17H,6-12H2,1-5H3,(H,18,19). The van der Waals surface area contributed by atoms with Gasteiger partial charge in [0.25, 0.3) is 0 Å². The molecule has 4 nitrogen and oxygen atoms in total. The molecule has 0 aliphatic heterocycles. The summed E-state index contributed by atoms with van der Waals surface area (Å²) in [7, 11) is 0. The number of unbranched alkanes of at least 4 members (excludes halogenated alkanes) is 1. The van der Waals surface area contributed by atoms with Crippen LogP contribution in [0.25, 0.3) is 0 Å². The first-order chi connectivity index (χ1) is 9.28. The Morgan fingerprint density at radius 1 is 1.15 bits per heavy atom. The molecule has 0 aromatic heterocycles. The van der Waals surface area contributed by atoms with Gasteiger partial charge in [-0.05, 0) is 58.8 Å². The van der Waals surface area contributed by atoms with Crippen molar-refractivity contribution in [3.05, 3.63) is 0 Å². The van der Waals surface area contributed by atoms with Gasteiger partial charge >= 0.3 is 5.97 Å². The second kappa shape index (κ2) is 10.2. The number of nitrogens with one attached hydrogen (secondary N) is 1. The first kappa shape index (κ1) is 19.4. The van der Waals surface area contributed by atoms with Gasteiger partial charge in [0, 0.05) is 19.3 Å². The normalized spacial score (nSPS) is 14.8. The number of rotatable bonds is 12. The van der Waals surface area contributed by atoms with Crippen LogP contribution in [0, 0.1) is 5.92 Å². The molecule has 20 heavy (non-hydrogen) atoms. The highest BCUT2D eigenvalue weighted by atomic mass is 16.5. The average Bonchev–Trinajstić information content (AvgIpc) is 2.31. The average molecular weight is 287 g/mol. The third kappa shape index (κ3) is 9.32. The molecule has 1 unspecified atom stereocenters. The Morgan fingerprint density at radius 2 is 1.75 bits per heavy atom. The van der Waals surface area contributed by atoms with Gasteiger partial charge in [0.15, 0.2) is 0 Å². The molecular weight excluding hydrogens is 254 g/mol. The van der Waals surface area contributed by atoms with Crippen molar-refractivity contribution < 1.29 is 14.6 Å². The minimum Gasteiger partial charge on any atom is -0.480 e. The monoisotopic (exact) mass is 287 g/mol. The van der Waals surface area contributed by atoms with E-state index >= 15 is 0 Å². The summed E-state index contributed by atoms with van der Waals surface area (Å²) in [6, 6.07) is 0.170. The van der Waals surface area contributed by atoms with E-state index in [9.17, 15) is 9.90 Å². The Hall–Kier alpha value is -0.610. The molecule has 1 atom stereocenters. The highest BCUT2D eigenvalue weighted by molar-refractivity contribution is 5.78. The molecule has 120 valence electrons. The van der Waals surface area contributed by atoms with E-state index in [1.54, 1.807) is 6.92 Å². The minimum atomic E-state index is -0.828. The van der Waals surface area contributed by atoms with E-state index in [0.29, 0.717) is 6.42 Å². The van der Waals surface area contributed by atoms with Gasteiger partial charge in [0.2, 0.25) is 0 Å². The number of aliphatic carboxylic acids is 1. The zero-order valence-corrected chi connectivity index (χ0v) is 13.9. The Bertz CT molecular complexity index is 266. The molecular formula is C16H33NO3. The molecule has 0 aliphatic rings. The van der Waals surface area contributed by atoms with Crippen molar-refractivity contribution in [3.63, 3.8) is 0 Å². The summed E-state index contributed by atoms with van der Waals surface area (Å²) in [6.07, 6.45) is 4.74. The van der Waals surface area contributed by atoms with Crippen LogP contribution in [0.3, 0.4) is 0 Å². The van der Waals surface area contributed by atoms with Crippen molar-refractivity contribution in [3.8, 4) is 0 Å². The molecule has 0 saturated heterocycles. The molecule has 0 aromatic rings. The fourth-order valence-corrected chi connectivity index (χ4v) is 2.26. The molecule has 0 spiro atoms. The fourth-order valence-electron chi connectivity index (χ4n) is 2.26. The lowest BCUT2D eigenvalue weighted by Crippen LogP contribution is -2.52. The van der Waals surface area contributed by atoms with Crippen molar-refractivity contribution in [2.24, 2.45) is 5.92 Å². The summed E-state index contributed by atoms with van der Waals surface area (Å²) < 4.78 is 5.57. The summed E-state index contributed by atoms with van der Waals surface area (Å²) in [4.78, 5) is 11.3. The molecule has 0 rings (SSSR count).